The van der Waals surface area contributed by atoms with Crippen LogP contribution in [-0.4, -0.2) is 11.0 Å². The lowest BCUT2D eigenvalue weighted by atomic mass is 10.2. The second-order valence-electron chi connectivity index (χ2n) is 4.52. The van der Waals surface area contributed by atoms with Gasteiger partial charge in [0.05, 0.1) is 16.3 Å². The van der Waals surface area contributed by atoms with Gasteiger partial charge in [-0.05, 0) is 35.7 Å². The van der Waals surface area contributed by atoms with Crippen LogP contribution in [0.15, 0.2) is 42.5 Å². The molecule has 0 saturated carbocycles. The van der Waals surface area contributed by atoms with E-state index in [-0.39, 0.29) is 23.2 Å². The van der Waals surface area contributed by atoms with Crippen LogP contribution in [0.4, 0.5) is 15.8 Å². The van der Waals surface area contributed by atoms with E-state index in [2.05, 4.69) is 5.32 Å². The van der Waals surface area contributed by atoms with Gasteiger partial charge >= 0.3 is 0 Å². The Balaban J connectivity index is 1.89. The Morgan fingerprint density at radius 3 is 2.76 bits per heavy atom. The van der Waals surface area contributed by atoms with Crippen LogP contribution in [0.2, 0.25) is 0 Å². The molecule has 0 aliphatic rings. The number of anilines is 2. The van der Waals surface area contributed by atoms with Gasteiger partial charge in [0.1, 0.15) is 11.6 Å². The maximum absolute atomic E-state index is 13.2. The number of amides is 1. The number of thiophene rings is 1. The van der Waals surface area contributed by atoms with E-state index in [4.69, 9.17) is 5.73 Å². The van der Waals surface area contributed by atoms with Crippen molar-refractivity contribution in [1.82, 2.24) is 0 Å². The summed E-state index contributed by atoms with van der Waals surface area (Å²) in [6.45, 7) is 0. The number of fused-ring (bicyclic) bond motifs is 1. The standard InChI is InChI=1S/C15H11FN2O2S/c16-9-2-1-8-5-14(21-13(8)6-9)15(20)18-12-4-3-10(19)7-11(12)17/h1-7,19H,17H2,(H,18,20). The molecule has 3 aromatic rings. The van der Waals surface area contributed by atoms with Crippen LogP contribution in [0.5, 0.6) is 5.75 Å². The van der Waals surface area contributed by atoms with Crippen LogP contribution in [0.1, 0.15) is 9.67 Å². The minimum Gasteiger partial charge on any atom is -0.508 e. The molecule has 0 saturated heterocycles. The first-order valence-electron chi connectivity index (χ1n) is 6.12. The van der Waals surface area contributed by atoms with Crippen LogP contribution < -0.4 is 11.1 Å². The second kappa shape index (κ2) is 5.06. The molecule has 1 aromatic heterocycles. The topological polar surface area (TPSA) is 75.3 Å². The monoisotopic (exact) mass is 302 g/mol. The van der Waals surface area contributed by atoms with Crippen LogP contribution in [0, 0.1) is 5.82 Å². The maximum Gasteiger partial charge on any atom is 0.265 e. The van der Waals surface area contributed by atoms with Gasteiger partial charge in [0.2, 0.25) is 0 Å². The van der Waals surface area contributed by atoms with Gasteiger partial charge in [0, 0.05) is 10.8 Å². The molecule has 2 aromatic carbocycles. The van der Waals surface area contributed by atoms with Crippen LogP contribution >= 0.6 is 11.3 Å². The second-order valence-corrected chi connectivity index (χ2v) is 5.60. The number of carbonyl (C=O) groups excluding carboxylic acids is 1. The van der Waals surface area contributed by atoms with Crippen molar-refractivity contribution in [1.29, 1.82) is 0 Å². The Morgan fingerprint density at radius 2 is 2.00 bits per heavy atom. The molecule has 4 nitrogen and oxygen atoms in total. The minimum atomic E-state index is -0.334. The summed E-state index contributed by atoms with van der Waals surface area (Å²) < 4.78 is 13.9. The number of nitrogen functional groups attached to an aromatic ring is 1. The number of nitrogens with one attached hydrogen (secondary N) is 1. The Bertz CT molecular complexity index is 845. The van der Waals surface area contributed by atoms with Crippen LogP contribution in [0.3, 0.4) is 0 Å². The number of phenols is 1. The number of phenolic OH excluding ortho intramolecular Hbond substituents is 1. The third kappa shape index (κ3) is 2.66. The molecule has 6 heteroatoms. The first-order chi connectivity index (χ1) is 10.0. The van der Waals surface area contributed by atoms with Crippen molar-refractivity contribution in [3.63, 3.8) is 0 Å². The highest BCUT2D eigenvalue weighted by Gasteiger charge is 2.12. The normalized spacial score (nSPS) is 10.7. The van der Waals surface area contributed by atoms with Gasteiger partial charge in [-0.25, -0.2) is 4.39 Å². The highest BCUT2D eigenvalue weighted by molar-refractivity contribution is 7.20. The average Bonchev–Trinajstić information content (AvgIpc) is 2.85. The summed E-state index contributed by atoms with van der Waals surface area (Å²) in [5.74, 6) is -0.629. The number of aromatic hydroxyl groups is 1. The van der Waals surface area contributed by atoms with E-state index in [0.717, 1.165) is 5.39 Å². The highest BCUT2D eigenvalue weighted by Crippen LogP contribution is 2.28. The molecule has 1 amide bonds. The molecule has 3 rings (SSSR count). The summed E-state index contributed by atoms with van der Waals surface area (Å²) in [6, 6.07) is 10.4. The Morgan fingerprint density at radius 1 is 1.19 bits per heavy atom. The van der Waals surface area contributed by atoms with Crippen molar-refractivity contribution in [3.8, 4) is 5.75 Å². The van der Waals surface area contributed by atoms with Crippen molar-refractivity contribution < 1.29 is 14.3 Å². The highest BCUT2D eigenvalue weighted by atomic mass is 32.1. The quantitative estimate of drug-likeness (QED) is 0.500. The largest absolute Gasteiger partial charge is 0.508 e. The Hall–Kier alpha value is -2.60. The van der Waals surface area contributed by atoms with Crippen molar-refractivity contribution in [2.75, 3.05) is 11.1 Å². The molecule has 0 aliphatic carbocycles. The fourth-order valence-electron chi connectivity index (χ4n) is 1.96. The van der Waals surface area contributed by atoms with Gasteiger partial charge in [-0.3, -0.25) is 4.79 Å². The van der Waals surface area contributed by atoms with Gasteiger partial charge in [-0.2, -0.15) is 0 Å². The van der Waals surface area contributed by atoms with Gasteiger partial charge < -0.3 is 16.2 Å². The first kappa shape index (κ1) is 13.4. The minimum absolute atomic E-state index is 0.0304. The van der Waals surface area contributed by atoms with Crippen LogP contribution in [0.25, 0.3) is 10.1 Å². The fraction of sp³-hybridized carbons (Fsp3) is 0. The van der Waals surface area contributed by atoms with E-state index in [9.17, 15) is 14.3 Å². The molecule has 21 heavy (non-hydrogen) atoms. The summed E-state index contributed by atoms with van der Waals surface area (Å²) in [7, 11) is 0. The number of hydrogen-bond acceptors (Lipinski definition) is 4. The molecule has 0 radical (unpaired) electrons. The molecule has 106 valence electrons. The van der Waals surface area contributed by atoms with Crippen molar-refractivity contribution in [2.24, 2.45) is 0 Å². The first-order valence-corrected chi connectivity index (χ1v) is 6.93. The predicted octanol–water partition coefficient (Wildman–Crippen LogP) is 3.58. The molecule has 0 bridgehead atoms. The molecule has 4 N–H and O–H groups in total. The predicted molar refractivity (Wildman–Crippen MR) is 82.3 cm³/mol. The number of carbonyl (C=O) groups is 1. The molecule has 1 heterocycles. The fourth-order valence-corrected chi connectivity index (χ4v) is 2.95. The van der Waals surface area contributed by atoms with Gasteiger partial charge in [0.15, 0.2) is 0 Å². The van der Waals surface area contributed by atoms with E-state index in [1.54, 1.807) is 12.1 Å². The number of hydrogen-bond donors (Lipinski definition) is 3. The Kier molecular flexibility index (Phi) is 3.23. The number of rotatable bonds is 2. The van der Waals surface area contributed by atoms with E-state index in [0.29, 0.717) is 15.3 Å². The van der Waals surface area contributed by atoms with Gasteiger partial charge in [0.25, 0.3) is 5.91 Å². The van der Waals surface area contributed by atoms with Crippen molar-refractivity contribution >= 4 is 38.7 Å². The van der Waals surface area contributed by atoms with Crippen molar-refractivity contribution in [3.05, 3.63) is 53.2 Å². The van der Waals surface area contributed by atoms with E-state index >= 15 is 0 Å². The summed E-state index contributed by atoms with van der Waals surface area (Å²) in [4.78, 5) is 12.7. The van der Waals surface area contributed by atoms with Gasteiger partial charge in [-0.15, -0.1) is 11.3 Å². The molecule has 0 atom stereocenters. The molecule has 0 aliphatic heterocycles. The zero-order chi connectivity index (χ0) is 15.0. The van der Waals surface area contributed by atoms with E-state index in [1.807, 2.05) is 0 Å². The third-order valence-electron chi connectivity index (χ3n) is 2.99. The molecular formula is C15H11FN2O2S. The number of benzene rings is 2. The Labute approximate surface area is 123 Å². The maximum atomic E-state index is 13.2. The SMILES string of the molecule is Nc1cc(O)ccc1NC(=O)c1cc2ccc(F)cc2s1. The zero-order valence-electron chi connectivity index (χ0n) is 10.8. The molecule has 0 fully saturated rings. The number of nitrogens with two attached hydrogens (primary N) is 1. The summed E-state index contributed by atoms with van der Waals surface area (Å²) in [5, 5.41) is 12.8. The lowest BCUT2D eigenvalue weighted by Gasteiger charge is -2.07. The third-order valence-corrected chi connectivity index (χ3v) is 4.09. The van der Waals surface area contributed by atoms with E-state index in [1.165, 1.54) is 41.7 Å². The summed E-state index contributed by atoms with van der Waals surface area (Å²) >= 11 is 1.21. The molecular weight excluding hydrogens is 291 g/mol. The zero-order valence-corrected chi connectivity index (χ0v) is 11.6. The lowest BCUT2D eigenvalue weighted by Crippen LogP contribution is -2.11. The number of halogens is 1. The van der Waals surface area contributed by atoms with E-state index < -0.39 is 0 Å². The van der Waals surface area contributed by atoms with Gasteiger partial charge in [-0.1, -0.05) is 6.07 Å². The molecule has 0 unspecified atom stereocenters. The smallest absolute Gasteiger partial charge is 0.265 e. The summed E-state index contributed by atoms with van der Waals surface area (Å²) in [5.41, 5.74) is 6.41. The van der Waals surface area contributed by atoms with Crippen LogP contribution in [-0.2, 0) is 0 Å². The average molecular weight is 302 g/mol. The summed E-state index contributed by atoms with van der Waals surface area (Å²) in [6.07, 6.45) is 0. The lowest BCUT2D eigenvalue weighted by molar-refractivity contribution is 0.103. The van der Waals surface area contributed by atoms with Crippen molar-refractivity contribution in [2.45, 2.75) is 0 Å². The molecule has 0 spiro atoms.